The van der Waals surface area contributed by atoms with E-state index >= 15 is 0 Å². The third-order valence-electron chi connectivity index (χ3n) is 3.67. The van der Waals surface area contributed by atoms with Crippen LogP contribution in [-0.4, -0.2) is 32.7 Å². The average molecular weight is 332 g/mol. The Morgan fingerprint density at radius 2 is 1.61 bits per heavy atom. The Bertz CT molecular complexity index is 698. The van der Waals surface area contributed by atoms with Gasteiger partial charge in [-0.3, -0.25) is 9.62 Å². The van der Waals surface area contributed by atoms with Crippen LogP contribution >= 0.6 is 0 Å². The largest absolute Gasteiger partial charge is 0.299 e. The number of nitrogens with zero attached hydrogens (tertiary/aromatic N) is 1. The second-order valence-electron chi connectivity index (χ2n) is 5.68. The van der Waals surface area contributed by atoms with Gasteiger partial charge in [-0.1, -0.05) is 49.4 Å². The fourth-order valence-corrected chi connectivity index (χ4v) is 3.00. The number of anilines is 1. The minimum atomic E-state index is -3.21. The molecule has 0 spiro atoms. The molecule has 0 aliphatic rings. The predicted octanol–water partition coefficient (Wildman–Crippen LogP) is 3.12. The predicted molar refractivity (Wildman–Crippen MR) is 96.0 cm³/mol. The highest BCUT2D eigenvalue weighted by molar-refractivity contribution is 7.92. The quantitative estimate of drug-likeness (QED) is 0.808. The summed E-state index contributed by atoms with van der Waals surface area (Å²) >= 11 is 0. The first-order chi connectivity index (χ1) is 11.0. The zero-order valence-electron chi connectivity index (χ0n) is 13.7. The van der Waals surface area contributed by atoms with Gasteiger partial charge in [0.25, 0.3) is 0 Å². The monoisotopic (exact) mass is 332 g/mol. The maximum absolute atomic E-state index is 11.2. The van der Waals surface area contributed by atoms with Gasteiger partial charge in [0.2, 0.25) is 10.0 Å². The normalized spacial score (nSPS) is 11.6. The number of rotatable bonds is 8. The van der Waals surface area contributed by atoms with Gasteiger partial charge in [-0.2, -0.15) is 0 Å². The topological polar surface area (TPSA) is 49.4 Å². The van der Waals surface area contributed by atoms with Gasteiger partial charge in [-0.05, 0) is 36.2 Å². The molecule has 0 saturated carbocycles. The average Bonchev–Trinajstić information content (AvgIpc) is 2.52. The molecule has 5 heteroatoms. The van der Waals surface area contributed by atoms with E-state index in [-0.39, 0.29) is 0 Å². The van der Waals surface area contributed by atoms with Gasteiger partial charge in [0.1, 0.15) is 0 Å². The van der Waals surface area contributed by atoms with Crippen molar-refractivity contribution in [1.29, 1.82) is 0 Å². The first-order valence-electron chi connectivity index (χ1n) is 7.79. The van der Waals surface area contributed by atoms with Crippen LogP contribution in [0, 0.1) is 0 Å². The summed E-state index contributed by atoms with van der Waals surface area (Å²) in [4.78, 5) is 2.40. The van der Waals surface area contributed by atoms with Gasteiger partial charge in [-0.25, -0.2) is 8.42 Å². The van der Waals surface area contributed by atoms with Crippen molar-refractivity contribution in [3.8, 4) is 0 Å². The first-order valence-corrected chi connectivity index (χ1v) is 9.68. The molecule has 4 nitrogen and oxygen atoms in total. The Balaban J connectivity index is 1.88. The zero-order valence-corrected chi connectivity index (χ0v) is 14.5. The molecule has 1 N–H and O–H groups in total. The smallest absolute Gasteiger partial charge is 0.229 e. The van der Waals surface area contributed by atoms with E-state index in [1.54, 1.807) is 0 Å². The third-order valence-corrected chi connectivity index (χ3v) is 4.28. The first kappa shape index (κ1) is 17.5. The van der Waals surface area contributed by atoms with Crippen LogP contribution in [0.15, 0.2) is 54.6 Å². The lowest BCUT2D eigenvalue weighted by atomic mass is 10.1. The lowest BCUT2D eigenvalue weighted by Crippen LogP contribution is -2.25. The molecule has 0 aliphatic heterocycles. The van der Waals surface area contributed by atoms with Gasteiger partial charge in [-0.15, -0.1) is 0 Å². The van der Waals surface area contributed by atoms with Crippen LogP contribution < -0.4 is 4.72 Å². The zero-order chi connectivity index (χ0) is 16.7. The van der Waals surface area contributed by atoms with Gasteiger partial charge in [0.05, 0.1) is 6.26 Å². The minimum Gasteiger partial charge on any atom is -0.299 e. The van der Waals surface area contributed by atoms with Crippen LogP contribution in [-0.2, 0) is 23.0 Å². The fourth-order valence-electron chi connectivity index (χ4n) is 2.43. The molecular weight excluding hydrogens is 308 g/mol. The molecule has 0 aliphatic carbocycles. The molecule has 124 valence electrons. The maximum atomic E-state index is 11.2. The standard InChI is InChI=1S/C18H24N2O2S/c1-3-20(15-17-7-5-4-6-8-17)14-13-16-9-11-18(12-10-16)19-23(2,21)22/h4-12,19H,3,13-15H2,1-2H3. The molecule has 2 aromatic rings. The second kappa shape index (κ2) is 8.13. The van der Waals surface area contributed by atoms with E-state index in [4.69, 9.17) is 0 Å². The molecular formula is C18H24N2O2S. The highest BCUT2D eigenvalue weighted by Gasteiger charge is 2.05. The van der Waals surface area contributed by atoms with Gasteiger partial charge >= 0.3 is 0 Å². The van der Waals surface area contributed by atoms with Crippen LogP contribution in [0.25, 0.3) is 0 Å². The highest BCUT2D eigenvalue weighted by Crippen LogP contribution is 2.12. The summed E-state index contributed by atoms with van der Waals surface area (Å²) < 4.78 is 24.9. The van der Waals surface area contributed by atoms with E-state index in [1.165, 1.54) is 11.1 Å². The Labute approximate surface area is 139 Å². The molecule has 0 amide bonds. The van der Waals surface area contributed by atoms with E-state index in [2.05, 4.69) is 40.8 Å². The molecule has 0 radical (unpaired) electrons. The van der Waals surface area contributed by atoms with Gasteiger partial charge in [0.15, 0.2) is 0 Å². The van der Waals surface area contributed by atoms with Crippen molar-refractivity contribution < 1.29 is 8.42 Å². The van der Waals surface area contributed by atoms with Crippen molar-refractivity contribution in [2.75, 3.05) is 24.1 Å². The number of nitrogens with one attached hydrogen (secondary N) is 1. The molecule has 0 fully saturated rings. The highest BCUT2D eigenvalue weighted by atomic mass is 32.2. The van der Waals surface area contributed by atoms with E-state index in [0.29, 0.717) is 5.69 Å². The summed E-state index contributed by atoms with van der Waals surface area (Å²) in [5.74, 6) is 0. The van der Waals surface area contributed by atoms with E-state index in [0.717, 1.165) is 32.3 Å². The number of benzene rings is 2. The number of likely N-dealkylation sites (N-methyl/N-ethyl adjacent to an activating group) is 1. The molecule has 23 heavy (non-hydrogen) atoms. The summed E-state index contributed by atoms with van der Waals surface area (Å²) in [5.41, 5.74) is 3.13. The summed E-state index contributed by atoms with van der Waals surface area (Å²) in [6.45, 7) is 5.10. The van der Waals surface area contributed by atoms with E-state index < -0.39 is 10.0 Å². The van der Waals surface area contributed by atoms with E-state index in [9.17, 15) is 8.42 Å². The minimum absolute atomic E-state index is 0.605. The van der Waals surface area contributed by atoms with Crippen LogP contribution in [0.2, 0.25) is 0 Å². The molecule has 0 saturated heterocycles. The van der Waals surface area contributed by atoms with Crippen molar-refractivity contribution >= 4 is 15.7 Å². The van der Waals surface area contributed by atoms with Crippen LogP contribution in [0.5, 0.6) is 0 Å². The van der Waals surface area contributed by atoms with Crippen molar-refractivity contribution in [3.05, 3.63) is 65.7 Å². The summed E-state index contributed by atoms with van der Waals surface area (Å²) in [6, 6.07) is 18.0. The number of hydrogen-bond donors (Lipinski definition) is 1. The molecule has 0 atom stereocenters. The van der Waals surface area contributed by atoms with Gasteiger partial charge in [0, 0.05) is 18.8 Å². The molecule has 0 unspecified atom stereocenters. The summed E-state index contributed by atoms with van der Waals surface area (Å²) in [7, 11) is -3.21. The SMILES string of the molecule is CCN(CCc1ccc(NS(C)(=O)=O)cc1)Cc1ccccc1. The Morgan fingerprint density at radius 3 is 2.17 bits per heavy atom. The Hall–Kier alpha value is -1.85. The van der Waals surface area contributed by atoms with Crippen molar-refractivity contribution in [2.24, 2.45) is 0 Å². The van der Waals surface area contributed by atoms with Gasteiger partial charge < -0.3 is 0 Å². The van der Waals surface area contributed by atoms with Crippen molar-refractivity contribution in [3.63, 3.8) is 0 Å². The van der Waals surface area contributed by atoms with Crippen LogP contribution in [0.1, 0.15) is 18.1 Å². The summed E-state index contributed by atoms with van der Waals surface area (Å²) in [6.07, 6.45) is 2.10. The Kier molecular flexibility index (Phi) is 6.19. The van der Waals surface area contributed by atoms with Crippen LogP contribution in [0.3, 0.4) is 0 Å². The molecule has 2 aromatic carbocycles. The molecule has 0 aromatic heterocycles. The lowest BCUT2D eigenvalue weighted by molar-refractivity contribution is 0.283. The van der Waals surface area contributed by atoms with Crippen molar-refractivity contribution in [2.45, 2.75) is 19.9 Å². The molecule has 2 rings (SSSR count). The number of sulfonamides is 1. The number of hydrogen-bond acceptors (Lipinski definition) is 3. The molecule has 0 heterocycles. The second-order valence-corrected chi connectivity index (χ2v) is 7.42. The molecule has 0 bridgehead atoms. The summed E-state index contributed by atoms with van der Waals surface area (Å²) in [5, 5.41) is 0. The lowest BCUT2D eigenvalue weighted by Gasteiger charge is -2.20. The maximum Gasteiger partial charge on any atom is 0.229 e. The third kappa shape index (κ3) is 6.42. The Morgan fingerprint density at radius 1 is 0.957 bits per heavy atom. The van der Waals surface area contributed by atoms with Crippen LogP contribution in [0.4, 0.5) is 5.69 Å². The van der Waals surface area contributed by atoms with E-state index in [1.807, 2.05) is 30.3 Å². The van der Waals surface area contributed by atoms with Crippen molar-refractivity contribution in [1.82, 2.24) is 4.90 Å². The fraction of sp³-hybridized carbons (Fsp3) is 0.333.